The third-order valence-electron chi connectivity index (χ3n) is 2.64. The van der Waals surface area contributed by atoms with Crippen LogP contribution < -0.4 is 0 Å². The number of aliphatic carboxylic acids is 1. The lowest BCUT2D eigenvalue weighted by Crippen LogP contribution is -2.20. The minimum atomic E-state index is -1.18. The molecule has 2 atom stereocenters. The van der Waals surface area contributed by atoms with Gasteiger partial charge in [0.05, 0.1) is 0 Å². The van der Waals surface area contributed by atoms with E-state index in [1.165, 1.54) is 0 Å². The Bertz CT molecular complexity index is 453. The summed E-state index contributed by atoms with van der Waals surface area (Å²) in [6.07, 6.45) is 1.06. The van der Waals surface area contributed by atoms with Crippen molar-refractivity contribution in [3.63, 3.8) is 0 Å². The van der Waals surface area contributed by atoms with E-state index in [0.717, 1.165) is 11.8 Å². The van der Waals surface area contributed by atoms with E-state index < -0.39 is 12.0 Å². The van der Waals surface area contributed by atoms with Crippen LogP contribution in [0.15, 0.2) is 35.4 Å². The van der Waals surface area contributed by atoms with Gasteiger partial charge in [0.25, 0.3) is 0 Å². The molecule has 0 aromatic heterocycles. The monoisotopic (exact) mass is 247 g/mol. The summed E-state index contributed by atoms with van der Waals surface area (Å²) in [4.78, 5) is 24.1. The van der Waals surface area contributed by atoms with Crippen molar-refractivity contribution < 1.29 is 14.7 Å². The Labute approximate surface area is 104 Å². The molecule has 0 heterocycles. The number of benzene rings is 1. The highest BCUT2D eigenvalue weighted by Gasteiger charge is 2.22. The van der Waals surface area contributed by atoms with E-state index in [1.807, 2.05) is 30.3 Å². The molecule has 1 aromatic carbocycles. The van der Waals surface area contributed by atoms with Gasteiger partial charge in [-0.2, -0.15) is 0 Å². The van der Waals surface area contributed by atoms with Gasteiger partial charge in [0.15, 0.2) is 0 Å². The topological polar surface area (TPSA) is 103 Å². The molecule has 2 unspecified atom stereocenters. The molecule has 94 valence electrons. The molecule has 0 aliphatic rings. The molecular weight excluding hydrogens is 234 g/mol. The Morgan fingerprint density at radius 3 is 2.61 bits per heavy atom. The van der Waals surface area contributed by atoms with Gasteiger partial charge in [-0.05, 0) is 23.4 Å². The SMILES string of the molecule is [N-]=[N+]=NC(CC(CC=O)c1ccccc1)C(=O)O. The molecule has 1 aromatic rings. The van der Waals surface area contributed by atoms with Crippen LogP contribution >= 0.6 is 0 Å². The molecule has 0 aliphatic heterocycles. The van der Waals surface area contributed by atoms with Gasteiger partial charge >= 0.3 is 5.97 Å². The van der Waals surface area contributed by atoms with Gasteiger partial charge in [0.1, 0.15) is 12.3 Å². The number of hydrogen-bond acceptors (Lipinski definition) is 3. The average Bonchev–Trinajstić information content (AvgIpc) is 2.38. The second-order valence-corrected chi connectivity index (χ2v) is 3.80. The van der Waals surface area contributed by atoms with Crippen LogP contribution in [0.5, 0.6) is 0 Å². The van der Waals surface area contributed by atoms with Crippen LogP contribution in [0, 0.1) is 0 Å². The Balaban J connectivity index is 2.89. The summed E-state index contributed by atoms with van der Waals surface area (Å²) in [5.74, 6) is -1.44. The second kappa shape index (κ2) is 7.09. The molecule has 0 fully saturated rings. The van der Waals surface area contributed by atoms with Crippen molar-refractivity contribution in [3.05, 3.63) is 46.3 Å². The molecule has 0 radical (unpaired) electrons. The van der Waals surface area contributed by atoms with E-state index in [9.17, 15) is 9.59 Å². The molecule has 0 amide bonds. The summed E-state index contributed by atoms with van der Waals surface area (Å²) in [5, 5.41) is 12.2. The number of azide groups is 1. The van der Waals surface area contributed by atoms with Crippen molar-refractivity contribution in [2.75, 3.05) is 0 Å². The number of carboxylic acids is 1. The predicted octanol–water partition coefficient (Wildman–Crippen LogP) is 2.51. The molecule has 0 saturated carbocycles. The van der Waals surface area contributed by atoms with Crippen LogP contribution in [0.4, 0.5) is 0 Å². The fraction of sp³-hybridized carbons (Fsp3) is 0.333. The molecule has 0 aliphatic carbocycles. The van der Waals surface area contributed by atoms with Gasteiger partial charge in [-0.15, -0.1) is 0 Å². The fourth-order valence-corrected chi connectivity index (χ4v) is 1.74. The smallest absolute Gasteiger partial charge is 0.312 e. The highest BCUT2D eigenvalue weighted by atomic mass is 16.4. The molecule has 18 heavy (non-hydrogen) atoms. The summed E-state index contributed by atoms with van der Waals surface area (Å²) in [6.45, 7) is 0. The van der Waals surface area contributed by atoms with Crippen LogP contribution in [0.25, 0.3) is 10.4 Å². The standard InChI is InChI=1S/C12H13N3O3/c13-15-14-11(12(17)18)8-10(6-7-16)9-4-2-1-3-5-9/h1-5,7,10-11H,6,8H2,(H,17,18). The Hall–Kier alpha value is -2.33. The molecule has 0 bridgehead atoms. The minimum Gasteiger partial charge on any atom is -0.481 e. The molecular formula is C12H13N3O3. The quantitative estimate of drug-likeness (QED) is 0.346. The maximum absolute atomic E-state index is 10.9. The largest absolute Gasteiger partial charge is 0.481 e. The number of nitrogens with zero attached hydrogens (tertiary/aromatic N) is 3. The normalized spacial score (nSPS) is 13.1. The maximum atomic E-state index is 10.9. The summed E-state index contributed by atoms with van der Waals surface area (Å²) in [7, 11) is 0. The Kier molecular flexibility index (Phi) is 5.41. The van der Waals surface area contributed by atoms with E-state index in [1.54, 1.807) is 0 Å². The van der Waals surface area contributed by atoms with Gasteiger partial charge in [-0.3, -0.25) is 4.79 Å². The van der Waals surface area contributed by atoms with Gasteiger partial charge in [0, 0.05) is 11.3 Å². The number of rotatable bonds is 7. The highest BCUT2D eigenvalue weighted by Crippen LogP contribution is 2.25. The first kappa shape index (κ1) is 13.7. The van der Waals surface area contributed by atoms with Crippen LogP contribution in [-0.2, 0) is 9.59 Å². The number of carboxylic acid groups (broad SMARTS) is 1. The average molecular weight is 247 g/mol. The summed E-state index contributed by atoms with van der Waals surface area (Å²) >= 11 is 0. The third-order valence-corrected chi connectivity index (χ3v) is 2.64. The second-order valence-electron chi connectivity index (χ2n) is 3.80. The Morgan fingerprint density at radius 2 is 2.11 bits per heavy atom. The predicted molar refractivity (Wildman–Crippen MR) is 65.1 cm³/mol. The van der Waals surface area contributed by atoms with E-state index >= 15 is 0 Å². The summed E-state index contributed by atoms with van der Waals surface area (Å²) in [6, 6.07) is 7.96. The van der Waals surface area contributed by atoms with Crippen molar-refractivity contribution in [1.29, 1.82) is 0 Å². The first-order valence-electron chi connectivity index (χ1n) is 5.44. The lowest BCUT2D eigenvalue weighted by Gasteiger charge is -2.16. The van der Waals surface area contributed by atoms with Crippen LogP contribution in [-0.4, -0.2) is 23.4 Å². The zero-order valence-electron chi connectivity index (χ0n) is 9.64. The van der Waals surface area contributed by atoms with Crippen molar-refractivity contribution >= 4 is 12.3 Å². The highest BCUT2D eigenvalue weighted by molar-refractivity contribution is 5.73. The first-order chi connectivity index (χ1) is 8.69. The van der Waals surface area contributed by atoms with E-state index in [0.29, 0.717) is 0 Å². The van der Waals surface area contributed by atoms with Gasteiger partial charge in [0.2, 0.25) is 0 Å². The van der Waals surface area contributed by atoms with E-state index in [4.69, 9.17) is 10.6 Å². The first-order valence-corrected chi connectivity index (χ1v) is 5.44. The lowest BCUT2D eigenvalue weighted by atomic mass is 9.90. The van der Waals surface area contributed by atoms with Gasteiger partial charge < -0.3 is 9.90 Å². The van der Waals surface area contributed by atoms with E-state index in [2.05, 4.69) is 10.0 Å². The molecule has 1 rings (SSSR count). The molecule has 0 spiro atoms. The number of carbonyl (C=O) groups excluding carboxylic acids is 1. The van der Waals surface area contributed by atoms with Crippen molar-refractivity contribution in [2.24, 2.45) is 5.11 Å². The van der Waals surface area contributed by atoms with Gasteiger partial charge in [-0.25, -0.2) is 0 Å². The molecule has 1 N–H and O–H groups in total. The third kappa shape index (κ3) is 3.92. The van der Waals surface area contributed by atoms with Crippen molar-refractivity contribution in [2.45, 2.75) is 24.8 Å². The summed E-state index contributed by atoms with van der Waals surface area (Å²) in [5.41, 5.74) is 9.19. The number of aldehydes is 1. The van der Waals surface area contributed by atoms with Crippen molar-refractivity contribution in [3.8, 4) is 0 Å². The Morgan fingerprint density at radius 1 is 1.44 bits per heavy atom. The minimum absolute atomic E-state index is 0.113. The fourth-order valence-electron chi connectivity index (χ4n) is 1.74. The van der Waals surface area contributed by atoms with Crippen LogP contribution in [0.3, 0.4) is 0 Å². The summed E-state index contributed by atoms with van der Waals surface area (Å²) < 4.78 is 0. The van der Waals surface area contributed by atoms with Crippen molar-refractivity contribution in [1.82, 2.24) is 0 Å². The number of hydrogen-bond donors (Lipinski definition) is 1. The van der Waals surface area contributed by atoms with E-state index in [-0.39, 0.29) is 18.8 Å². The lowest BCUT2D eigenvalue weighted by molar-refractivity contribution is -0.138. The zero-order chi connectivity index (χ0) is 13.4. The molecule has 0 saturated heterocycles. The zero-order valence-corrected chi connectivity index (χ0v) is 9.64. The van der Waals surface area contributed by atoms with Crippen LogP contribution in [0.2, 0.25) is 0 Å². The number of carbonyl (C=O) groups is 2. The molecule has 6 nitrogen and oxygen atoms in total. The maximum Gasteiger partial charge on any atom is 0.312 e. The molecule has 6 heteroatoms. The van der Waals surface area contributed by atoms with Gasteiger partial charge in [-0.1, -0.05) is 35.4 Å². The van der Waals surface area contributed by atoms with Crippen LogP contribution in [0.1, 0.15) is 24.3 Å².